The molecule has 4 heterocycles. The predicted octanol–water partition coefficient (Wildman–Crippen LogP) is 5.56. The van der Waals surface area contributed by atoms with E-state index in [0.29, 0.717) is 11.4 Å². The maximum absolute atomic E-state index is 13.1. The average molecular weight is 584 g/mol. The third-order valence-electron chi connectivity index (χ3n) is 10.4. The topological polar surface area (TPSA) is 74.0 Å². The predicted molar refractivity (Wildman–Crippen MR) is 166 cm³/mol. The lowest BCUT2D eigenvalue weighted by Gasteiger charge is -2.49. The Labute approximate surface area is 252 Å². The summed E-state index contributed by atoms with van der Waals surface area (Å²) in [6.07, 6.45) is 8.71. The Kier molecular flexibility index (Phi) is 7.08. The summed E-state index contributed by atoms with van der Waals surface area (Å²) in [5.41, 5.74) is 4.98. The number of carbonyl (C=O) groups is 1. The van der Waals surface area contributed by atoms with Gasteiger partial charge in [0.1, 0.15) is 0 Å². The molecule has 7 nitrogen and oxygen atoms in total. The number of hydrogen-bond acceptors (Lipinski definition) is 6. The summed E-state index contributed by atoms with van der Waals surface area (Å²) in [6, 6.07) is 20.1. The van der Waals surface area contributed by atoms with Crippen molar-refractivity contribution in [1.82, 2.24) is 19.5 Å². The van der Waals surface area contributed by atoms with E-state index >= 15 is 0 Å². The minimum absolute atomic E-state index is 0.116. The number of fused-ring (bicyclic) bond motifs is 1. The Morgan fingerprint density at radius 3 is 2.40 bits per heavy atom. The standard InChI is InChI=1S/C34H38ClN5O2/c1-38-16-3-13-34(38)21-26(22-34)31(42)25-7-5-24(6-8-25)20-30-36-32-29(4-2-17-40(32)37-30)39-18-14-33(23-41,15-19-39)27-9-11-28(35)12-10-27/h2,4-12,17,26,41H,3,13-16,18-23H2,1H3. The normalized spacial score (nSPS) is 23.9. The zero-order chi connectivity index (χ0) is 28.9. The molecule has 0 bridgehead atoms. The van der Waals surface area contributed by atoms with Gasteiger partial charge in [-0.1, -0.05) is 48.0 Å². The number of rotatable bonds is 7. The van der Waals surface area contributed by atoms with Crippen LogP contribution in [-0.4, -0.2) is 69.2 Å². The van der Waals surface area contributed by atoms with Gasteiger partial charge in [0.25, 0.3) is 0 Å². The quantitative estimate of drug-likeness (QED) is 0.287. The van der Waals surface area contributed by atoms with E-state index in [9.17, 15) is 9.90 Å². The summed E-state index contributed by atoms with van der Waals surface area (Å²) in [5.74, 6) is 1.19. The third kappa shape index (κ3) is 4.81. The monoisotopic (exact) mass is 583 g/mol. The first kappa shape index (κ1) is 27.6. The molecule has 2 aliphatic heterocycles. The molecule has 3 aliphatic rings. The first-order valence-corrected chi connectivity index (χ1v) is 15.6. The number of nitrogens with zero attached hydrogens (tertiary/aromatic N) is 5. The molecule has 1 spiro atoms. The van der Waals surface area contributed by atoms with Gasteiger partial charge in [0, 0.05) is 53.2 Å². The lowest BCUT2D eigenvalue weighted by atomic mass is 9.64. The first-order valence-electron chi connectivity index (χ1n) is 15.2. The maximum Gasteiger partial charge on any atom is 0.178 e. The number of pyridine rings is 1. The number of aliphatic hydroxyl groups is 1. The fourth-order valence-electron chi connectivity index (χ4n) is 7.61. The van der Waals surface area contributed by atoms with Crippen LogP contribution in [0, 0.1) is 5.92 Å². The molecule has 7 rings (SSSR count). The van der Waals surface area contributed by atoms with Gasteiger partial charge in [0.05, 0.1) is 12.3 Å². The number of likely N-dealkylation sites (tertiary alicyclic amines) is 1. The van der Waals surface area contributed by atoms with Crippen LogP contribution in [0.1, 0.15) is 65.8 Å². The van der Waals surface area contributed by atoms with Crippen molar-refractivity contribution in [3.8, 4) is 0 Å². The van der Waals surface area contributed by atoms with Crippen molar-refractivity contribution in [2.75, 3.05) is 38.2 Å². The number of Topliss-reactive ketones (excluding diaryl/α,β-unsaturated/α-hetero) is 1. The van der Waals surface area contributed by atoms with E-state index in [1.807, 2.05) is 65.3 Å². The molecule has 2 aromatic heterocycles. The molecule has 1 N–H and O–H groups in total. The van der Waals surface area contributed by atoms with Crippen LogP contribution in [0.15, 0.2) is 66.9 Å². The van der Waals surface area contributed by atoms with Crippen molar-refractivity contribution in [2.24, 2.45) is 5.92 Å². The fraction of sp³-hybridized carbons (Fsp3) is 0.441. The van der Waals surface area contributed by atoms with Crippen LogP contribution in [0.25, 0.3) is 5.65 Å². The van der Waals surface area contributed by atoms with Crippen molar-refractivity contribution in [3.05, 3.63) is 94.4 Å². The molecule has 42 heavy (non-hydrogen) atoms. The summed E-state index contributed by atoms with van der Waals surface area (Å²) in [6.45, 7) is 2.91. The van der Waals surface area contributed by atoms with Crippen LogP contribution in [0.2, 0.25) is 5.02 Å². The molecule has 0 unspecified atom stereocenters. The van der Waals surface area contributed by atoms with Crippen molar-refractivity contribution in [1.29, 1.82) is 0 Å². The second-order valence-electron chi connectivity index (χ2n) is 12.7. The van der Waals surface area contributed by atoms with Gasteiger partial charge < -0.3 is 14.9 Å². The van der Waals surface area contributed by atoms with Crippen LogP contribution in [0.4, 0.5) is 5.69 Å². The highest BCUT2D eigenvalue weighted by atomic mass is 35.5. The molecular formula is C34H38ClN5O2. The molecule has 8 heteroatoms. The Bertz CT molecular complexity index is 1580. The van der Waals surface area contributed by atoms with Gasteiger partial charge in [-0.3, -0.25) is 4.79 Å². The number of carbonyl (C=O) groups excluding carboxylic acids is 1. The Morgan fingerprint density at radius 1 is 1.00 bits per heavy atom. The second-order valence-corrected chi connectivity index (χ2v) is 13.2. The number of halogens is 1. The number of anilines is 1. The third-order valence-corrected chi connectivity index (χ3v) is 10.6. The lowest BCUT2D eigenvalue weighted by molar-refractivity contribution is 0.0240. The highest BCUT2D eigenvalue weighted by Gasteiger charge is 2.51. The molecule has 4 aromatic rings. The van der Waals surface area contributed by atoms with E-state index in [2.05, 4.69) is 22.9 Å². The number of piperidine rings is 1. The summed E-state index contributed by atoms with van der Waals surface area (Å²) < 4.78 is 1.86. The molecule has 0 amide bonds. The summed E-state index contributed by atoms with van der Waals surface area (Å²) >= 11 is 6.11. The largest absolute Gasteiger partial charge is 0.395 e. The first-order chi connectivity index (χ1) is 20.4. The average Bonchev–Trinajstić information content (AvgIpc) is 3.59. The zero-order valence-electron chi connectivity index (χ0n) is 24.2. The van der Waals surface area contributed by atoms with E-state index in [0.717, 1.165) is 79.2 Å². The smallest absolute Gasteiger partial charge is 0.178 e. The van der Waals surface area contributed by atoms with Crippen molar-refractivity contribution in [3.63, 3.8) is 0 Å². The van der Waals surface area contributed by atoms with E-state index in [1.165, 1.54) is 12.8 Å². The van der Waals surface area contributed by atoms with Crippen LogP contribution in [-0.2, 0) is 11.8 Å². The molecular weight excluding hydrogens is 546 g/mol. The van der Waals surface area contributed by atoms with E-state index < -0.39 is 0 Å². The van der Waals surface area contributed by atoms with Gasteiger partial charge >= 0.3 is 0 Å². The Balaban J connectivity index is 1.02. The lowest BCUT2D eigenvalue weighted by Crippen LogP contribution is -2.54. The van der Waals surface area contributed by atoms with Crippen molar-refractivity contribution in [2.45, 2.75) is 55.9 Å². The van der Waals surface area contributed by atoms with E-state index in [4.69, 9.17) is 21.7 Å². The molecule has 1 aliphatic carbocycles. The molecule has 3 fully saturated rings. The van der Waals surface area contributed by atoms with E-state index in [-0.39, 0.29) is 29.3 Å². The highest BCUT2D eigenvalue weighted by Crippen LogP contribution is 2.49. The molecule has 2 saturated heterocycles. The summed E-state index contributed by atoms with van der Waals surface area (Å²) in [5, 5.41) is 15.9. The van der Waals surface area contributed by atoms with Crippen LogP contribution in [0.5, 0.6) is 0 Å². The van der Waals surface area contributed by atoms with Gasteiger partial charge in [0.15, 0.2) is 17.3 Å². The van der Waals surface area contributed by atoms with Crippen molar-refractivity contribution >= 4 is 28.7 Å². The number of aliphatic hydroxyl groups excluding tert-OH is 1. The zero-order valence-corrected chi connectivity index (χ0v) is 24.9. The minimum atomic E-state index is -0.258. The van der Waals surface area contributed by atoms with Gasteiger partial charge in [0.2, 0.25) is 0 Å². The molecule has 0 radical (unpaired) electrons. The molecule has 0 atom stereocenters. The molecule has 1 saturated carbocycles. The number of aromatic nitrogens is 3. The molecule has 218 valence electrons. The Hall–Kier alpha value is -3.26. The second kappa shape index (κ2) is 10.8. The van der Waals surface area contributed by atoms with Crippen LogP contribution in [0.3, 0.4) is 0 Å². The van der Waals surface area contributed by atoms with Crippen LogP contribution < -0.4 is 4.90 Å². The number of ketones is 1. The van der Waals surface area contributed by atoms with Crippen LogP contribution >= 0.6 is 11.6 Å². The van der Waals surface area contributed by atoms with Gasteiger partial charge in [-0.25, -0.2) is 9.50 Å². The van der Waals surface area contributed by atoms with Gasteiger partial charge in [-0.2, -0.15) is 5.10 Å². The minimum Gasteiger partial charge on any atom is -0.395 e. The van der Waals surface area contributed by atoms with Crippen molar-refractivity contribution < 1.29 is 9.90 Å². The number of benzene rings is 2. The Morgan fingerprint density at radius 2 is 1.74 bits per heavy atom. The highest BCUT2D eigenvalue weighted by molar-refractivity contribution is 6.30. The number of hydrogen-bond donors (Lipinski definition) is 1. The summed E-state index contributed by atoms with van der Waals surface area (Å²) in [4.78, 5) is 22.9. The SMILES string of the molecule is CN1CCCC12CC(C(=O)c1ccc(Cc3nc4c(N5CCC(CO)(c6ccc(Cl)cc6)CC5)cccn4n3)cc1)C2. The summed E-state index contributed by atoms with van der Waals surface area (Å²) in [7, 11) is 2.20. The molecule has 2 aromatic carbocycles. The van der Waals surface area contributed by atoms with Gasteiger partial charge in [-0.15, -0.1) is 0 Å². The fourth-order valence-corrected chi connectivity index (χ4v) is 7.74. The van der Waals surface area contributed by atoms with Gasteiger partial charge in [-0.05, 0) is 87.5 Å². The van der Waals surface area contributed by atoms with E-state index in [1.54, 1.807) is 0 Å². The maximum atomic E-state index is 13.1.